The van der Waals surface area contributed by atoms with Crippen molar-refractivity contribution in [3.63, 3.8) is 0 Å². The normalized spacial score (nSPS) is 10.3. The van der Waals surface area contributed by atoms with Gasteiger partial charge in [0.2, 0.25) is 5.91 Å². The third-order valence-corrected chi connectivity index (χ3v) is 2.90. The number of carbonyl (C=O) groups excluding carboxylic acids is 1. The van der Waals surface area contributed by atoms with E-state index in [0.717, 1.165) is 11.3 Å². The number of methoxy groups -OCH3 is 1. The smallest absolute Gasteiger partial charge is 0.264 e. The maximum absolute atomic E-state index is 11.7. The predicted octanol–water partition coefficient (Wildman–Crippen LogP) is 1.80. The standard InChI is InChI=1S/C15H17N3O3/c1-21-10-2-3-14(19)16-12-6-4-11(5-7-12)13-8-9-15(20)18-17-13/h4-9H,2-3,10H2,1H3,(H,16,19)(H,18,20). The first-order chi connectivity index (χ1) is 10.2. The molecule has 2 rings (SSSR count). The van der Waals surface area contributed by atoms with E-state index in [0.29, 0.717) is 25.1 Å². The summed E-state index contributed by atoms with van der Waals surface area (Å²) >= 11 is 0. The van der Waals surface area contributed by atoms with E-state index >= 15 is 0 Å². The highest BCUT2D eigenvalue weighted by molar-refractivity contribution is 5.90. The van der Waals surface area contributed by atoms with Gasteiger partial charge in [0.15, 0.2) is 0 Å². The summed E-state index contributed by atoms with van der Waals surface area (Å²) in [5.41, 5.74) is 2.03. The molecule has 0 aliphatic rings. The molecule has 0 saturated carbocycles. The van der Waals surface area contributed by atoms with Gasteiger partial charge in [-0.2, -0.15) is 5.10 Å². The van der Waals surface area contributed by atoms with E-state index in [-0.39, 0.29) is 11.5 Å². The molecular formula is C15H17N3O3. The second-order valence-corrected chi connectivity index (χ2v) is 4.53. The molecule has 6 heteroatoms. The van der Waals surface area contributed by atoms with E-state index in [1.54, 1.807) is 25.3 Å². The molecule has 21 heavy (non-hydrogen) atoms. The zero-order valence-electron chi connectivity index (χ0n) is 11.8. The molecule has 1 amide bonds. The predicted molar refractivity (Wildman–Crippen MR) is 80.0 cm³/mol. The Balaban J connectivity index is 1.97. The Hall–Kier alpha value is -2.47. The summed E-state index contributed by atoms with van der Waals surface area (Å²) in [5, 5.41) is 9.15. The Labute approximate surface area is 122 Å². The highest BCUT2D eigenvalue weighted by Crippen LogP contribution is 2.18. The molecule has 2 N–H and O–H groups in total. The molecule has 0 radical (unpaired) electrons. The topological polar surface area (TPSA) is 84.1 Å². The number of nitrogens with zero attached hydrogens (tertiary/aromatic N) is 1. The molecule has 0 aliphatic heterocycles. The molecular weight excluding hydrogens is 270 g/mol. The Morgan fingerprint density at radius 3 is 2.62 bits per heavy atom. The monoisotopic (exact) mass is 287 g/mol. The molecule has 110 valence electrons. The Bertz CT molecular complexity index is 629. The summed E-state index contributed by atoms with van der Waals surface area (Å²) in [5.74, 6) is -0.0398. The minimum absolute atomic E-state index is 0.0398. The molecule has 0 saturated heterocycles. The summed E-state index contributed by atoms with van der Waals surface area (Å²) in [6.07, 6.45) is 1.12. The number of hydrogen-bond donors (Lipinski definition) is 2. The van der Waals surface area contributed by atoms with E-state index in [1.165, 1.54) is 6.07 Å². The number of nitrogens with one attached hydrogen (secondary N) is 2. The lowest BCUT2D eigenvalue weighted by atomic mass is 10.1. The number of amides is 1. The Morgan fingerprint density at radius 2 is 2.00 bits per heavy atom. The van der Waals surface area contributed by atoms with Gasteiger partial charge in [-0.1, -0.05) is 12.1 Å². The lowest BCUT2D eigenvalue weighted by Crippen LogP contribution is -2.12. The molecule has 6 nitrogen and oxygen atoms in total. The fourth-order valence-corrected chi connectivity index (χ4v) is 1.83. The second-order valence-electron chi connectivity index (χ2n) is 4.53. The number of H-pyrrole nitrogens is 1. The largest absolute Gasteiger partial charge is 0.385 e. The minimum atomic E-state index is -0.237. The van der Waals surface area contributed by atoms with Crippen molar-refractivity contribution in [2.75, 3.05) is 19.0 Å². The first-order valence-electron chi connectivity index (χ1n) is 6.64. The van der Waals surface area contributed by atoms with E-state index in [2.05, 4.69) is 15.5 Å². The molecule has 1 aromatic heterocycles. The quantitative estimate of drug-likeness (QED) is 0.793. The maximum atomic E-state index is 11.7. The molecule has 0 unspecified atom stereocenters. The molecule has 1 heterocycles. The third kappa shape index (κ3) is 4.54. The Kier molecular flexibility index (Phi) is 5.22. The van der Waals surface area contributed by atoms with Crippen molar-refractivity contribution in [2.24, 2.45) is 0 Å². The van der Waals surface area contributed by atoms with Crippen molar-refractivity contribution < 1.29 is 9.53 Å². The van der Waals surface area contributed by atoms with Crippen LogP contribution in [0.2, 0.25) is 0 Å². The third-order valence-electron chi connectivity index (χ3n) is 2.90. The van der Waals surface area contributed by atoms with Gasteiger partial charge in [-0.3, -0.25) is 9.59 Å². The summed E-state index contributed by atoms with van der Waals surface area (Å²) < 4.78 is 4.90. The molecule has 0 aliphatic carbocycles. The van der Waals surface area contributed by atoms with Crippen LogP contribution in [0.5, 0.6) is 0 Å². The van der Waals surface area contributed by atoms with Crippen LogP contribution in [0.1, 0.15) is 12.8 Å². The SMILES string of the molecule is COCCCC(=O)Nc1ccc(-c2ccc(=O)[nH]n2)cc1. The number of carbonyl (C=O) groups is 1. The average molecular weight is 287 g/mol. The number of hydrogen-bond acceptors (Lipinski definition) is 4. The fourth-order valence-electron chi connectivity index (χ4n) is 1.83. The lowest BCUT2D eigenvalue weighted by molar-refractivity contribution is -0.116. The number of rotatable bonds is 6. The number of anilines is 1. The highest BCUT2D eigenvalue weighted by Gasteiger charge is 2.03. The number of aromatic nitrogens is 2. The van der Waals surface area contributed by atoms with Crippen molar-refractivity contribution in [3.8, 4) is 11.3 Å². The molecule has 0 atom stereocenters. The molecule has 0 spiro atoms. The van der Waals surface area contributed by atoms with Gasteiger partial charge in [-0.15, -0.1) is 0 Å². The highest BCUT2D eigenvalue weighted by atomic mass is 16.5. The minimum Gasteiger partial charge on any atom is -0.385 e. The zero-order chi connectivity index (χ0) is 15.1. The average Bonchev–Trinajstić information content (AvgIpc) is 2.49. The van der Waals surface area contributed by atoms with Gasteiger partial charge in [0.25, 0.3) is 5.56 Å². The fraction of sp³-hybridized carbons (Fsp3) is 0.267. The molecule has 0 bridgehead atoms. The number of ether oxygens (including phenoxy) is 1. The summed E-state index contributed by atoms with van der Waals surface area (Å²) in [7, 11) is 1.61. The van der Waals surface area contributed by atoms with E-state index in [1.807, 2.05) is 12.1 Å². The van der Waals surface area contributed by atoms with Gasteiger partial charge >= 0.3 is 0 Å². The summed E-state index contributed by atoms with van der Waals surface area (Å²) in [6.45, 7) is 0.574. The van der Waals surface area contributed by atoms with Crippen LogP contribution in [0.4, 0.5) is 5.69 Å². The number of benzene rings is 1. The summed E-state index contributed by atoms with van der Waals surface area (Å²) in [4.78, 5) is 22.6. The van der Waals surface area contributed by atoms with E-state index in [9.17, 15) is 9.59 Å². The van der Waals surface area contributed by atoms with Gasteiger partial charge in [0.05, 0.1) is 5.69 Å². The van der Waals surface area contributed by atoms with Crippen molar-refractivity contribution in [1.82, 2.24) is 10.2 Å². The van der Waals surface area contributed by atoms with Crippen LogP contribution in [0, 0.1) is 0 Å². The van der Waals surface area contributed by atoms with Crippen molar-refractivity contribution in [3.05, 3.63) is 46.8 Å². The molecule has 2 aromatic rings. The maximum Gasteiger partial charge on any atom is 0.264 e. The number of aromatic amines is 1. The van der Waals surface area contributed by atoms with Gasteiger partial charge in [-0.25, -0.2) is 5.10 Å². The Morgan fingerprint density at radius 1 is 1.24 bits per heavy atom. The molecule has 0 fully saturated rings. The first kappa shape index (κ1) is 14.9. The van der Waals surface area contributed by atoms with Gasteiger partial charge in [0.1, 0.15) is 0 Å². The van der Waals surface area contributed by atoms with E-state index < -0.39 is 0 Å². The van der Waals surface area contributed by atoms with Gasteiger partial charge in [0, 0.05) is 37.5 Å². The molecule has 1 aromatic carbocycles. The summed E-state index contributed by atoms with van der Waals surface area (Å²) in [6, 6.07) is 10.4. The van der Waals surface area contributed by atoms with Crippen LogP contribution >= 0.6 is 0 Å². The first-order valence-corrected chi connectivity index (χ1v) is 6.64. The van der Waals surface area contributed by atoms with Crippen LogP contribution in [-0.2, 0) is 9.53 Å². The van der Waals surface area contributed by atoms with Crippen molar-refractivity contribution in [2.45, 2.75) is 12.8 Å². The lowest BCUT2D eigenvalue weighted by Gasteiger charge is -2.06. The van der Waals surface area contributed by atoms with Gasteiger partial charge in [-0.05, 0) is 24.6 Å². The second kappa shape index (κ2) is 7.35. The zero-order valence-corrected chi connectivity index (χ0v) is 11.8. The van der Waals surface area contributed by atoms with E-state index in [4.69, 9.17) is 4.74 Å². The van der Waals surface area contributed by atoms with Crippen LogP contribution in [0.3, 0.4) is 0 Å². The van der Waals surface area contributed by atoms with Crippen molar-refractivity contribution in [1.29, 1.82) is 0 Å². The van der Waals surface area contributed by atoms with Crippen LogP contribution < -0.4 is 10.9 Å². The van der Waals surface area contributed by atoms with Gasteiger partial charge < -0.3 is 10.1 Å². The van der Waals surface area contributed by atoms with Crippen LogP contribution in [0.15, 0.2) is 41.2 Å². The van der Waals surface area contributed by atoms with Crippen LogP contribution in [0.25, 0.3) is 11.3 Å². The van der Waals surface area contributed by atoms with Crippen molar-refractivity contribution >= 4 is 11.6 Å². The van der Waals surface area contributed by atoms with Crippen LogP contribution in [-0.4, -0.2) is 29.8 Å².